The molecule has 0 aromatic carbocycles. The molecule has 0 aromatic rings. The molecule has 17 heavy (non-hydrogen) atoms. The summed E-state index contributed by atoms with van der Waals surface area (Å²) < 4.78 is 0. The first-order valence-corrected chi connectivity index (χ1v) is 6.97. The fourth-order valence-electron chi connectivity index (χ4n) is 2.20. The predicted octanol–water partition coefficient (Wildman–Crippen LogP) is 2.51. The largest absolute Gasteiger partial charge is 0.356 e. The van der Waals surface area contributed by atoms with Gasteiger partial charge in [0.25, 0.3) is 0 Å². The number of amides is 1. The summed E-state index contributed by atoms with van der Waals surface area (Å²) in [6, 6.07) is 0. The molecule has 0 spiro atoms. The van der Waals surface area contributed by atoms with E-state index >= 15 is 0 Å². The van der Waals surface area contributed by atoms with Gasteiger partial charge in [-0.3, -0.25) is 4.79 Å². The van der Waals surface area contributed by atoms with Gasteiger partial charge in [0.2, 0.25) is 5.91 Å². The third kappa shape index (κ3) is 7.16. The predicted molar refractivity (Wildman–Crippen MR) is 71.7 cm³/mol. The zero-order chi connectivity index (χ0) is 12.3. The van der Waals surface area contributed by atoms with Crippen LogP contribution in [-0.4, -0.2) is 19.0 Å². The Balaban J connectivity index is 2.13. The van der Waals surface area contributed by atoms with Crippen molar-refractivity contribution >= 4 is 5.91 Å². The maximum absolute atomic E-state index is 11.4. The van der Waals surface area contributed by atoms with E-state index in [-0.39, 0.29) is 5.91 Å². The molecule has 0 aliphatic heterocycles. The van der Waals surface area contributed by atoms with Crippen molar-refractivity contribution in [2.24, 2.45) is 5.73 Å². The van der Waals surface area contributed by atoms with E-state index in [1.54, 1.807) is 0 Å². The molecule has 0 saturated heterocycles. The lowest BCUT2D eigenvalue weighted by molar-refractivity contribution is -0.121. The maximum atomic E-state index is 11.4. The molecule has 1 rings (SSSR count). The summed E-state index contributed by atoms with van der Waals surface area (Å²) in [5, 5.41) is 2.97. The second kappa shape index (κ2) is 9.23. The van der Waals surface area contributed by atoms with Gasteiger partial charge in [-0.05, 0) is 45.1 Å². The second-order valence-electron chi connectivity index (χ2n) is 4.81. The highest BCUT2D eigenvalue weighted by Crippen LogP contribution is 2.18. The summed E-state index contributed by atoms with van der Waals surface area (Å²) in [6.45, 7) is 1.38. The van der Waals surface area contributed by atoms with Gasteiger partial charge in [0.15, 0.2) is 0 Å². The zero-order valence-electron chi connectivity index (χ0n) is 10.8. The molecule has 0 atom stereocenters. The lowest BCUT2D eigenvalue weighted by Gasteiger charge is -2.12. The van der Waals surface area contributed by atoms with Crippen molar-refractivity contribution in [1.29, 1.82) is 0 Å². The van der Waals surface area contributed by atoms with Crippen molar-refractivity contribution in [2.45, 2.75) is 57.8 Å². The molecule has 1 aliphatic rings. The van der Waals surface area contributed by atoms with Crippen LogP contribution in [0.5, 0.6) is 0 Å². The molecule has 3 nitrogen and oxygen atoms in total. The molecule has 3 heteroatoms. The van der Waals surface area contributed by atoms with Crippen LogP contribution in [0.3, 0.4) is 0 Å². The van der Waals surface area contributed by atoms with E-state index in [2.05, 4.69) is 11.4 Å². The Labute approximate surface area is 105 Å². The van der Waals surface area contributed by atoms with Crippen LogP contribution in [-0.2, 0) is 4.79 Å². The van der Waals surface area contributed by atoms with Crippen LogP contribution in [0.25, 0.3) is 0 Å². The smallest absolute Gasteiger partial charge is 0.220 e. The van der Waals surface area contributed by atoms with Crippen LogP contribution in [0.4, 0.5) is 0 Å². The number of hydrogen-bond donors (Lipinski definition) is 2. The number of nitrogens with two attached hydrogens (primary N) is 1. The average Bonchev–Trinajstić information content (AvgIpc) is 2.29. The van der Waals surface area contributed by atoms with Gasteiger partial charge in [-0.2, -0.15) is 0 Å². The molecule has 0 unspecified atom stereocenters. The Morgan fingerprint density at radius 3 is 2.94 bits per heavy atom. The molecule has 0 radical (unpaired) electrons. The van der Waals surface area contributed by atoms with E-state index in [0.29, 0.717) is 13.0 Å². The third-order valence-electron chi connectivity index (χ3n) is 3.26. The lowest BCUT2D eigenvalue weighted by Crippen LogP contribution is -2.25. The summed E-state index contributed by atoms with van der Waals surface area (Å²) in [4.78, 5) is 11.4. The molecule has 0 heterocycles. The number of carbonyl (C=O) groups is 1. The molecule has 3 N–H and O–H groups in total. The van der Waals surface area contributed by atoms with Crippen LogP contribution >= 0.6 is 0 Å². The van der Waals surface area contributed by atoms with Crippen LogP contribution in [0.2, 0.25) is 0 Å². The van der Waals surface area contributed by atoms with Gasteiger partial charge in [0.05, 0.1) is 0 Å². The van der Waals surface area contributed by atoms with Crippen LogP contribution in [0.1, 0.15) is 57.8 Å². The first-order valence-electron chi connectivity index (χ1n) is 6.97. The summed E-state index contributed by atoms with van der Waals surface area (Å²) in [5.41, 5.74) is 6.90. The zero-order valence-corrected chi connectivity index (χ0v) is 10.8. The molecule has 1 aliphatic carbocycles. The van der Waals surface area contributed by atoms with Gasteiger partial charge >= 0.3 is 0 Å². The highest BCUT2D eigenvalue weighted by Gasteiger charge is 2.03. The molecular weight excluding hydrogens is 212 g/mol. The molecule has 0 aromatic heterocycles. The number of hydrogen-bond acceptors (Lipinski definition) is 2. The summed E-state index contributed by atoms with van der Waals surface area (Å²) in [6.07, 6.45) is 12.6. The van der Waals surface area contributed by atoms with Gasteiger partial charge in [-0.15, -0.1) is 0 Å². The van der Waals surface area contributed by atoms with Crippen molar-refractivity contribution in [3.8, 4) is 0 Å². The van der Waals surface area contributed by atoms with Gasteiger partial charge in [-0.25, -0.2) is 0 Å². The van der Waals surface area contributed by atoms with Crippen molar-refractivity contribution in [3.05, 3.63) is 11.6 Å². The number of carbonyl (C=O) groups excluding carboxylic acids is 1. The van der Waals surface area contributed by atoms with E-state index in [1.807, 2.05) is 0 Å². The SMILES string of the molecule is NCCCC(=O)NCCC1=CCCCCCC1. The van der Waals surface area contributed by atoms with Gasteiger partial charge < -0.3 is 11.1 Å². The van der Waals surface area contributed by atoms with E-state index in [0.717, 1.165) is 19.4 Å². The van der Waals surface area contributed by atoms with Crippen molar-refractivity contribution in [2.75, 3.05) is 13.1 Å². The topological polar surface area (TPSA) is 55.1 Å². The highest BCUT2D eigenvalue weighted by molar-refractivity contribution is 5.75. The Hall–Kier alpha value is -0.830. The van der Waals surface area contributed by atoms with Crippen molar-refractivity contribution in [3.63, 3.8) is 0 Å². The van der Waals surface area contributed by atoms with Crippen molar-refractivity contribution in [1.82, 2.24) is 5.32 Å². The quantitative estimate of drug-likeness (QED) is 0.699. The summed E-state index contributed by atoms with van der Waals surface area (Å²) in [5.74, 6) is 0.141. The van der Waals surface area contributed by atoms with Crippen LogP contribution in [0.15, 0.2) is 11.6 Å². The first kappa shape index (κ1) is 14.2. The monoisotopic (exact) mass is 238 g/mol. The third-order valence-corrected chi connectivity index (χ3v) is 3.26. The Bertz CT molecular complexity index is 249. The molecule has 0 saturated carbocycles. The number of allylic oxidation sites excluding steroid dienone is 1. The minimum absolute atomic E-state index is 0.141. The Morgan fingerprint density at radius 1 is 1.29 bits per heavy atom. The van der Waals surface area contributed by atoms with Gasteiger partial charge in [-0.1, -0.05) is 24.5 Å². The molecule has 98 valence electrons. The number of nitrogens with one attached hydrogen (secondary N) is 1. The van der Waals surface area contributed by atoms with Crippen molar-refractivity contribution < 1.29 is 4.79 Å². The molecular formula is C14H26N2O. The minimum Gasteiger partial charge on any atom is -0.356 e. The van der Waals surface area contributed by atoms with E-state index in [1.165, 1.54) is 44.1 Å². The highest BCUT2D eigenvalue weighted by atomic mass is 16.1. The first-order chi connectivity index (χ1) is 8.33. The van der Waals surface area contributed by atoms with Gasteiger partial charge in [0, 0.05) is 13.0 Å². The average molecular weight is 238 g/mol. The lowest BCUT2D eigenvalue weighted by atomic mass is 9.98. The Morgan fingerprint density at radius 2 is 2.12 bits per heavy atom. The Kier molecular flexibility index (Phi) is 7.72. The summed E-state index contributed by atoms with van der Waals surface area (Å²) in [7, 11) is 0. The van der Waals surface area contributed by atoms with Gasteiger partial charge in [0.1, 0.15) is 0 Å². The minimum atomic E-state index is 0.141. The van der Waals surface area contributed by atoms with E-state index in [9.17, 15) is 4.79 Å². The fraction of sp³-hybridized carbons (Fsp3) is 0.786. The normalized spacial score (nSPS) is 16.9. The van der Waals surface area contributed by atoms with Crippen LogP contribution < -0.4 is 11.1 Å². The molecule has 0 bridgehead atoms. The molecule has 1 amide bonds. The van der Waals surface area contributed by atoms with Crippen LogP contribution in [0, 0.1) is 0 Å². The van der Waals surface area contributed by atoms with E-state index < -0.39 is 0 Å². The summed E-state index contributed by atoms with van der Waals surface area (Å²) >= 11 is 0. The maximum Gasteiger partial charge on any atom is 0.220 e. The number of rotatable bonds is 6. The second-order valence-corrected chi connectivity index (χ2v) is 4.81. The fourth-order valence-corrected chi connectivity index (χ4v) is 2.20. The van der Waals surface area contributed by atoms with E-state index in [4.69, 9.17) is 5.73 Å². The standard InChI is InChI=1S/C14H26N2O/c15-11-6-9-14(17)16-12-10-13-7-4-2-1-3-5-8-13/h7H,1-6,8-12,15H2,(H,16,17). The molecule has 0 fully saturated rings.